The smallest absolute Gasteiger partial charge is 0.230 e. The minimum Gasteiger partial charge on any atom is -0.352 e. The van der Waals surface area contributed by atoms with E-state index in [1.165, 1.54) is 12.1 Å². The fourth-order valence-corrected chi connectivity index (χ4v) is 4.73. The summed E-state index contributed by atoms with van der Waals surface area (Å²) in [6, 6.07) is 11.8. The molecule has 0 unspecified atom stereocenters. The van der Waals surface area contributed by atoms with E-state index in [0.717, 1.165) is 48.2 Å². The highest BCUT2D eigenvalue weighted by Gasteiger charge is 2.37. The highest BCUT2D eigenvalue weighted by molar-refractivity contribution is 6.01. The summed E-state index contributed by atoms with van der Waals surface area (Å²) in [5, 5.41) is 2.85. The van der Waals surface area contributed by atoms with Gasteiger partial charge in [0.25, 0.3) is 0 Å². The Morgan fingerprint density at radius 2 is 1.84 bits per heavy atom. The lowest BCUT2D eigenvalue weighted by atomic mass is 9.84. The zero-order valence-corrected chi connectivity index (χ0v) is 17.9. The highest BCUT2D eigenvalue weighted by atomic mass is 19.1. The zero-order chi connectivity index (χ0) is 22.2. The molecule has 1 aliphatic carbocycles. The van der Waals surface area contributed by atoms with Crippen LogP contribution < -0.4 is 15.1 Å². The third-order valence-corrected chi connectivity index (χ3v) is 6.87. The molecule has 7 heteroatoms. The van der Waals surface area contributed by atoms with Crippen molar-refractivity contribution in [3.05, 3.63) is 59.4 Å². The van der Waals surface area contributed by atoms with Crippen LogP contribution in [0, 0.1) is 17.7 Å². The second-order valence-electron chi connectivity index (χ2n) is 8.93. The lowest BCUT2D eigenvalue weighted by Crippen LogP contribution is -2.37. The third-order valence-electron chi connectivity index (χ3n) is 6.87. The summed E-state index contributed by atoms with van der Waals surface area (Å²) in [5.74, 6) is -0.612. The molecule has 3 aliphatic rings. The van der Waals surface area contributed by atoms with E-state index >= 15 is 0 Å². The molecule has 2 fully saturated rings. The number of nitrogens with zero attached hydrogens (tertiary/aromatic N) is 2. The van der Waals surface area contributed by atoms with Crippen molar-refractivity contribution in [1.82, 2.24) is 5.32 Å². The van der Waals surface area contributed by atoms with Gasteiger partial charge in [-0.25, -0.2) is 4.39 Å². The third kappa shape index (κ3) is 3.87. The van der Waals surface area contributed by atoms with Crippen molar-refractivity contribution in [2.75, 3.05) is 22.9 Å². The molecule has 166 valence electrons. The molecule has 3 amide bonds. The van der Waals surface area contributed by atoms with Gasteiger partial charge in [-0.3, -0.25) is 14.4 Å². The number of amides is 3. The topological polar surface area (TPSA) is 69.7 Å². The van der Waals surface area contributed by atoms with Crippen LogP contribution in [0.4, 0.5) is 15.8 Å². The quantitative estimate of drug-likeness (QED) is 0.784. The largest absolute Gasteiger partial charge is 0.352 e. The van der Waals surface area contributed by atoms with E-state index in [4.69, 9.17) is 0 Å². The SMILES string of the molecule is O=C(NCc1ccc(F)cc1)[C@H]1CC(=O)N(c2ccc3c(c2)CCN3C(=O)C2CCC2)C1. The molecule has 2 aliphatic heterocycles. The molecule has 0 spiro atoms. The molecule has 0 aromatic heterocycles. The van der Waals surface area contributed by atoms with E-state index in [9.17, 15) is 18.8 Å². The standard InChI is InChI=1S/C25H26FN3O3/c26-20-6-4-16(5-7-20)14-27-24(31)19-13-23(30)29(15-19)21-8-9-22-18(12-21)10-11-28(22)25(32)17-2-1-3-17/h4-9,12,17,19H,1-3,10-11,13-15H2,(H,27,31)/t19-/m0/s1. The molecule has 2 aromatic carbocycles. The maximum Gasteiger partial charge on any atom is 0.230 e. The van der Waals surface area contributed by atoms with Crippen LogP contribution >= 0.6 is 0 Å². The van der Waals surface area contributed by atoms with Crippen LogP contribution in [-0.4, -0.2) is 30.8 Å². The molecule has 2 heterocycles. The van der Waals surface area contributed by atoms with Gasteiger partial charge >= 0.3 is 0 Å². The zero-order valence-electron chi connectivity index (χ0n) is 17.9. The number of benzene rings is 2. The van der Waals surface area contributed by atoms with Crippen molar-refractivity contribution in [2.24, 2.45) is 11.8 Å². The first kappa shape index (κ1) is 20.7. The Morgan fingerprint density at radius 1 is 1.06 bits per heavy atom. The number of anilines is 2. The maximum atomic E-state index is 13.0. The van der Waals surface area contributed by atoms with Gasteiger partial charge in [0.2, 0.25) is 17.7 Å². The van der Waals surface area contributed by atoms with Gasteiger partial charge < -0.3 is 15.1 Å². The lowest BCUT2D eigenvalue weighted by Gasteiger charge is -2.29. The molecule has 1 saturated heterocycles. The fraction of sp³-hybridized carbons (Fsp3) is 0.400. The number of halogens is 1. The van der Waals surface area contributed by atoms with Crippen LogP contribution in [0.1, 0.15) is 36.8 Å². The van der Waals surface area contributed by atoms with Crippen molar-refractivity contribution in [1.29, 1.82) is 0 Å². The first-order valence-corrected chi connectivity index (χ1v) is 11.3. The van der Waals surface area contributed by atoms with Crippen LogP contribution in [0.3, 0.4) is 0 Å². The van der Waals surface area contributed by atoms with Gasteiger partial charge in [-0.05, 0) is 60.7 Å². The number of fused-ring (bicyclic) bond motifs is 1. The van der Waals surface area contributed by atoms with Crippen molar-refractivity contribution in [2.45, 2.75) is 38.6 Å². The Labute approximate surface area is 186 Å². The van der Waals surface area contributed by atoms with Crippen LogP contribution in [-0.2, 0) is 27.3 Å². The second kappa shape index (κ2) is 8.37. The fourth-order valence-electron chi connectivity index (χ4n) is 4.73. The molecule has 0 bridgehead atoms. The van der Waals surface area contributed by atoms with Crippen molar-refractivity contribution in [3.8, 4) is 0 Å². The predicted octanol–water partition coefficient (Wildman–Crippen LogP) is 3.18. The number of carbonyl (C=O) groups is 3. The highest BCUT2D eigenvalue weighted by Crippen LogP contribution is 2.37. The van der Waals surface area contributed by atoms with E-state index in [1.54, 1.807) is 17.0 Å². The van der Waals surface area contributed by atoms with Crippen LogP contribution in [0.15, 0.2) is 42.5 Å². The molecule has 2 aromatic rings. The van der Waals surface area contributed by atoms with E-state index < -0.39 is 5.92 Å². The Morgan fingerprint density at radius 3 is 2.56 bits per heavy atom. The molecular weight excluding hydrogens is 409 g/mol. The first-order valence-electron chi connectivity index (χ1n) is 11.3. The summed E-state index contributed by atoms with van der Waals surface area (Å²) in [7, 11) is 0. The monoisotopic (exact) mass is 435 g/mol. The Kier molecular flexibility index (Phi) is 5.41. The maximum absolute atomic E-state index is 13.0. The molecule has 6 nitrogen and oxygen atoms in total. The van der Waals surface area contributed by atoms with E-state index in [0.29, 0.717) is 19.6 Å². The number of nitrogens with one attached hydrogen (secondary N) is 1. The molecular formula is C25H26FN3O3. The summed E-state index contributed by atoms with van der Waals surface area (Å²) in [5.41, 5.74) is 3.61. The number of hydrogen-bond acceptors (Lipinski definition) is 3. The van der Waals surface area contributed by atoms with Gasteiger partial charge in [-0.2, -0.15) is 0 Å². The Balaban J connectivity index is 1.23. The van der Waals surface area contributed by atoms with Crippen molar-refractivity contribution < 1.29 is 18.8 Å². The minimum absolute atomic E-state index is 0.0766. The van der Waals surface area contributed by atoms with Crippen molar-refractivity contribution >= 4 is 29.1 Å². The van der Waals surface area contributed by atoms with Crippen LogP contribution in [0.2, 0.25) is 0 Å². The average Bonchev–Trinajstić information content (AvgIpc) is 3.35. The molecule has 1 atom stereocenters. The number of carbonyl (C=O) groups excluding carboxylic acids is 3. The van der Waals surface area contributed by atoms with Gasteiger partial charge in [0.1, 0.15) is 5.82 Å². The predicted molar refractivity (Wildman–Crippen MR) is 119 cm³/mol. The summed E-state index contributed by atoms with van der Waals surface area (Å²) >= 11 is 0. The van der Waals surface area contributed by atoms with Gasteiger partial charge in [-0.15, -0.1) is 0 Å². The second-order valence-corrected chi connectivity index (χ2v) is 8.93. The van der Waals surface area contributed by atoms with Crippen LogP contribution in [0.5, 0.6) is 0 Å². The average molecular weight is 435 g/mol. The lowest BCUT2D eigenvalue weighted by molar-refractivity contribution is -0.126. The summed E-state index contributed by atoms with van der Waals surface area (Å²) < 4.78 is 13.0. The van der Waals surface area contributed by atoms with Crippen LogP contribution in [0.25, 0.3) is 0 Å². The first-order chi connectivity index (χ1) is 15.5. The van der Waals surface area contributed by atoms with E-state index in [1.807, 2.05) is 23.1 Å². The van der Waals surface area contributed by atoms with Gasteiger partial charge in [0.05, 0.1) is 5.92 Å². The molecule has 32 heavy (non-hydrogen) atoms. The van der Waals surface area contributed by atoms with Gasteiger partial charge in [0, 0.05) is 43.3 Å². The molecule has 1 saturated carbocycles. The summed E-state index contributed by atoms with van der Waals surface area (Å²) in [6.07, 6.45) is 4.04. The van der Waals surface area contributed by atoms with E-state index in [2.05, 4.69) is 5.32 Å². The molecule has 0 radical (unpaired) electrons. The van der Waals surface area contributed by atoms with E-state index in [-0.39, 0.29) is 35.9 Å². The molecule has 5 rings (SSSR count). The van der Waals surface area contributed by atoms with Gasteiger partial charge in [0.15, 0.2) is 0 Å². The minimum atomic E-state index is -0.423. The van der Waals surface area contributed by atoms with Gasteiger partial charge in [-0.1, -0.05) is 18.6 Å². The normalized spacial score (nSPS) is 20.3. The van der Waals surface area contributed by atoms with Crippen molar-refractivity contribution in [3.63, 3.8) is 0 Å². The Bertz CT molecular complexity index is 1060. The summed E-state index contributed by atoms with van der Waals surface area (Å²) in [6.45, 7) is 1.32. The number of hydrogen-bond donors (Lipinski definition) is 1. The number of rotatable bonds is 5. The Hall–Kier alpha value is -3.22. The molecule has 1 N–H and O–H groups in total. The summed E-state index contributed by atoms with van der Waals surface area (Å²) in [4.78, 5) is 41.5.